The van der Waals surface area contributed by atoms with E-state index in [0.717, 1.165) is 9.46 Å². The summed E-state index contributed by atoms with van der Waals surface area (Å²) in [5, 5.41) is 20.0. The highest BCUT2D eigenvalue weighted by Gasteiger charge is 2.37. The Morgan fingerprint density at radius 3 is 2.33 bits per heavy atom. The van der Waals surface area contributed by atoms with E-state index >= 15 is 0 Å². The highest BCUT2D eigenvalue weighted by molar-refractivity contribution is 5.87. The van der Waals surface area contributed by atoms with Crippen LogP contribution in [0.4, 0.5) is 0 Å². The molecule has 0 bridgehead atoms. The lowest BCUT2D eigenvalue weighted by atomic mass is 10.2. The molecule has 2 N–H and O–H groups in total. The first-order chi connectivity index (χ1) is 8.57. The molecular weight excluding hydrogens is 236 g/mol. The normalized spacial score (nSPS) is 10.6. The molecule has 0 spiro atoms. The van der Waals surface area contributed by atoms with Gasteiger partial charge in [0, 0.05) is 28.5 Å². The van der Waals surface area contributed by atoms with Gasteiger partial charge in [-0.1, -0.05) is 12.1 Å². The van der Waals surface area contributed by atoms with Crippen LogP contribution in [0.15, 0.2) is 24.3 Å². The summed E-state index contributed by atoms with van der Waals surface area (Å²) in [4.78, 5) is 11.8. The molecule has 6 nitrogen and oxygen atoms in total. The van der Waals surface area contributed by atoms with E-state index in [4.69, 9.17) is 4.74 Å². The Labute approximate surface area is 103 Å². The van der Waals surface area contributed by atoms with E-state index in [0.29, 0.717) is 11.0 Å². The number of hydrogen-bond donors (Lipinski definition) is 2. The maximum Gasteiger partial charge on any atom is 0.415 e. The third-order valence-electron chi connectivity index (χ3n) is 2.68. The van der Waals surface area contributed by atoms with Crippen LogP contribution in [0, 0.1) is 6.92 Å². The maximum atomic E-state index is 11.8. The van der Waals surface area contributed by atoms with E-state index in [-0.39, 0.29) is 18.0 Å². The summed E-state index contributed by atoms with van der Waals surface area (Å²) in [7, 11) is 0. The van der Waals surface area contributed by atoms with Crippen molar-refractivity contribution in [3.8, 4) is 0 Å². The van der Waals surface area contributed by atoms with Crippen molar-refractivity contribution >= 4 is 17.0 Å². The zero-order chi connectivity index (χ0) is 13.3. The quantitative estimate of drug-likeness (QED) is 0.459. The minimum atomic E-state index is -0.689. The van der Waals surface area contributed by atoms with Crippen molar-refractivity contribution in [2.24, 2.45) is 0 Å². The van der Waals surface area contributed by atoms with E-state index in [1.54, 1.807) is 31.2 Å². The second-order valence-electron chi connectivity index (χ2n) is 3.77. The Hall–Kier alpha value is -2.37. The van der Waals surface area contributed by atoms with Crippen LogP contribution >= 0.6 is 0 Å². The molecule has 0 amide bonds. The molecule has 0 aliphatic rings. The predicted octanol–water partition coefficient (Wildman–Crippen LogP) is 0.375. The van der Waals surface area contributed by atoms with Gasteiger partial charge in [0.05, 0.1) is 6.61 Å². The lowest BCUT2D eigenvalue weighted by Crippen LogP contribution is -2.49. The first-order valence-electron chi connectivity index (χ1n) is 5.53. The third-order valence-corrected chi connectivity index (χ3v) is 2.68. The fourth-order valence-electron chi connectivity index (χ4n) is 1.81. The van der Waals surface area contributed by atoms with Gasteiger partial charge in [-0.05, 0) is 6.92 Å². The summed E-state index contributed by atoms with van der Waals surface area (Å²) in [6, 6.07) is 6.63. The maximum absolute atomic E-state index is 11.8. The zero-order valence-electron chi connectivity index (χ0n) is 10.1. The molecule has 0 fully saturated rings. The van der Waals surface area contributed by atoms with Crippen LogP contribution in [0.25, 0.3) is 11.0 Å². The first-order valence-corrected chi connectivity index (χ1v) is 5.53. The molecule has 0 saturated heterocycles. The van der Waals surface area contributed by atoms with Crippen molar-refractivity contribution in [2.75, 3.05) is 6.61 Å². The lowest BCUT2D eigenvalue weighted by molar-refractivity contribution is -0.925. The summed E-state index contributed by atoms with van der Waals surface area (Å²) in [6.45, 7) is 3.38. The number of benzene rings is 1. The molecule has 6 heteroatoms. The average Bonchev–Trinajstić information content (AvgIpc) is 2.37. The van der Waals surface area contributed by atoms with Crippen LogP contribution < -0.4 is 9.46 Å². The van der Waals surface area contributed by atoms with Gasteiger partial charge in [-0.2, -0.15) is 0 Å². The molecule has 1 aromatic heterocycles. The van der Waals surface area contributed by atoms with Crippen LogP contribution in [0.2, 0.25) is 0 Å². The minimum absolute atomic E-state index is 0.0990. The highest BCUT2D eigenvalue weighted by Crippen LogP contribution is 2.08. The molecular formula is C12H14N2O4+2. The highest BCUT2D eigenvalue weighted by atomic mass is 16.5. The fourth-order valence-corrected chi connectivity index (χ4v) is 1.81. The monoisotopic (exact) mass is 250 g/mol. The minimum Gasteiger partial charge on any atom is -0.458 e. The van der Waals surface area contributed by atoms with Gasteiger partial charge in [0.25, 0.3) is 0 Å². The van der Waals surface area contributed by atoms with Crippen molar-refractivity contribution in [1.82, 2.24) is 0 Å². The second-order valence-corrected chi connectivity index (χ2v) is 3.77. The number of carbonyl (C=O) groups is 1. The van der Waals surface area contributed by atoms with Gasteiger partial charge in [-0.25, -0.2) is 4.79 Å². The molecule has 1 heterocycles. The molecule has 1 aromatic carbocycles. The van der Waals surface area contributed by atoms with Crippen molar-refractivity contribution in [3.63, 3.8) is 0 Å². The number of nitrogens with zero attached hydrogens (tertiary/aromatic N) is 2. The van der Waals surface area contributed by atoms with Gasteiger partial charge in [-0.3, -0.25) is 10.4 Å². The van der Waals surface area contributed by atoms with Crippen molar-refractivity contribution < 1.29 is 29.4 Å². The van der Waals surface area contributed by atoms with E-state index in [1.165, 1.54) is 6.92 Å². The number of rotatable bonds is 2. The molecule has 2 aromatic rings. The second kappa shape index (κ2) is 4.48. The van der Waals surface area contributed by atoms with Crippen LogP contribution in [-0.4, -0.2) is 23.0 Å². The molecule has 0 atom stereocenters. The summed E-state index contributed by atoms with van der Waals surface area (Å²) in [5.74, 6) is -0.689. The zero-order valence-corrected chi connectivity index (χ0v) is 10.1. The largest absolute Gasteiger partial charge is 0.458 e. The molecule has 0 saturated carbocycles. The summed E-state index contributed by atoms with van der Waals surface area (Å²) >= 11 is 0. The smallest absolute Gasteiger partial charge is 0.415 e. The topological polar surface area (TPSA) is 74.5 Å². The van der Waals surface area contributed by atoms with Crippen molar-refractivity contribution in [3.05, 3.63) is 35.7 Å². The standard InChI is InChI=1S/C12H14N2O4/c1-3-18-12(15)11-8(2)13(16)9-6-4-5-7-10(9)14(11)17/h4-7,16-17H,3H2,1-2H3/q+2. The van der Waals surface area contributed by atoms with Crippen LogP contribution in [0.5, 0.6) is 0 Å². The Kier molecular flexibility index (Phi) is 3.01. The molecule has 0 radical (unpaired) electrons. The summed E-state index contributed by atoms with van der Waals surface area (Å²) in [5.41, 5.74) is 0.812. The van der Waals surface area contributed by atoms with Gasteiger partial charge in [0.1, 0.15) is 0 Å². The summed E-state index contributed by atoms with van der Waals surface area (Å²) < 4.78 is 6.44. The molecule has 0 aliphatic carbocycles. The predicted molar refractivity (Wildman–Crippen MR) is 59.4 cm³/mol. The number of ether oxygens (including phenoxy) is 1. The molecule has 94 valence electrons. The Morgan fingerprint density at radius 2 is 1.78 bits per heavy atom. The Balaban J connectivity index is 2.78. The van der Waals surface area contributed by atoms with E-state index in [9.17, 15) is 15.2 Å². The molecule has 0 aliphatic heterocycles. The average molecular weight is 250 g/mol. The van der Waals surface area contributed by atoms with Gasteiger partial charge in [0.15, 0.2) is 0 Å². The van der Waals surface area contributed by atoms with Gasteiger partial charge < -0.3 is 4.74 Å². The summed E-state index contributed by atoms with van der Waals surface area (Å²) in [6.07, 6.45) is 0. The van der Waals surface area contributed by atoms with E-state index < -0.39 is 5.97 Å². The van der Waals surface area contributed by atoms with Crippen LogP contribution in [-0.2, 0) is 4.74 Å². The van der Waals surface area contributed by atoms with Crippen molar-refractivity contribution in [1.29, 1.82) is 0 Å². The Bertz CT molecular complexity index is 625. The van der Waals surface area contributed by atoms with Gasteiger partial charge in [0.2, 0.25) is 0 Å². The SMILES string of the molecule is CCOC(=O)c1c(C)[n+](O)c2ccccc2[n+]1O. The molecule has 0 unspecified atom stereocenters. The fraction of sp³-hybridized carbons (Fsp3) is 0.250. The van der Waals surface area contributed by atoms with Crippen molar-refractivity contribution in [2.45, 2.75) is 13.8 Å². The first kappa shape index (κ1) is 12.1. The molecule has 2 rings (SSSR count). The third kappa shape index (κ3) is 1.71. The number of para-hydroxylation sites is 2. The van der Waals surface area contributed by atoms with Gasteiger partial charge in [-0.15, -0.1) is 0 Å². The number of hydrogen-bond acceptors (Lipinski definition) is 4. The van der Waals surface area contributed by atoms with Gasteiger partial charge >= 0.3 is 28.4 Å². The van der Waals surface area contributed by atoms with Crippen LogP contribution in [0.1, 0.15) is 23.1 Å². The van der Waals surface area contributed by atoms with E-state index in [1.807, 2.05) is 0 Å². The number of carbonyl (C=O) groups excluding carboxylic acids is 1. The number of esters is 1. The number of fused-ring (bicyclic) bond motifs is 1. The number of aromatic nitrogens is 2. The van der Waals surface area contributed by atoms with E-state index in [2.05, 4.69) is 0 Å². The Morgan fingerprint density at radius 1 is 1.22 bits per heavy atom. The lowest BCUT2D eigenvalue weighted by Gasteiger charge is -2.00. The van der Waals surface area contributed by atoms with Crippen LogP contribution in [0.3, 0.4) is 0 Å². The molecule has 18 heavy (non-hydrogen) atoms.